The lowest BCUT2D eigenvalue weighted by atomic mass is 10.2. The van der Waals surface area contributed by atoms with Crippen LogP contribution in [0, 0.1) is 0 Å². The molecule has 2 aliphatic heterocycles. The Morgan fingerprint density at radius 3 is 2.82 bits per heavy atom. The molecule has 1 aromatic carbocycles. The minimum absolute atomic E-state index is 0.223. The van der Waals surface area contributed by atoms with E-state index in [2.05, 4.69) is 19.9 Å². The summed E-state index contributed by atoms with van der Waals surface area (Å²) in [5, 5.41) is 3.00. The van der Waals surface area contributed by atoms with Gasteiger partial charge in [0.05, 0.1) is 24.3 Å². The maximum Gasteiger partial charge on any atom is 0.264 e. The van der Waals surface area contributed by atoms with Crippen molar-refractivity contribution < 1.29 is 13.2 Å². The van der Waals surface area contributed by atoms with E-state index in [0.717, 1.165) is 26.0 Å². The van der Waals surface area contributed by atoms with Crippen LogP contribution in [-0.2, 0) is 14.8 Å². The van der Waals surface area contributed by atoms with Gasteiger partial charge in [-0.05, 0) is 25.0 Å². The van der Waals surface area contributed by atoms with Gasteiger partial charge in [0.1, 0.15) is 0 Å². The van der Waals surface area contributed by atoms with Gasteiger partial charge in [0.15, 0.2) is 0 Å². The second-order valence-corrected chi connectivity index (χ2v) is 7.07. The van der Waals surface area contributed by atoms with Crippen LogP contribution in [0.2, 0.25) is 0 Å². The van der Waals surface area contributed by atoms with Crippen molar-refractivity contribution in [1.29, 1.82) is 0 Å². The van der Waals surface area contributed by atoms with Gasteiger partial charge in [0.2, 0.25) is 5.96 Å². The third-order valence-electron chi connectivity index (χ3n) is 3.67. The molecule has 0 aromatic heterocycles. The van der Waals surface area contributed by atoms with Gasteiger partial charge in [-0.3, -0.25) is 4.90 Å². The minimum atomic E-state index is -3.59. The van der Waals surface area contributed by atoms with Gasteiger partial charge in [-0.2, -0.15) is 0 Å². The van der Waals surface area contributed by atoms with Crippen LogP contribution >= 0.6 is 0 Å². The van der Waals surface area contributed by atoms with Crippen LogP contribution in [-0.4, -0.2) is 51.9 Å². The first-order valence-electron chi connectivity index (χ1n) is 7.34. The fourth-order valence-corrected chi connectivity index (χ4v) is 3.54. The Morgan fingerprint density at radius 2 is 2.18 bits per heavy atom. The number of guanidine groups is 1. The van der Waals surface area contributed by atoms with Crippen LogP contribution < -0.4 is 10.0 Å². The highest BCUT2D eigenvalue weighted by molar-refractivity contribution is 7.90. The summed E-state index contributed by atoms with van der Waals surface area (Å²) in [6.07, 6.45) is 2.45. The van der Waals surface area contributed by atoms with Crippen molar-refractivity contribution in [2.24, 2.45) is 4.99 Å². The Labute approximate surface area is 130 Å². The first kappa shape index (κ1) is 15.3. The van der Waals surface area contributed by atoms with E-state index < -0.39 is 10.0 Å². The molecule has 0 unspecified atom stereocenters. The number of ether oxygens (including phenoxy) is 1. The predicted octanol–water partition coefficient (Wildman–Crippen LogP) is 0.320. The van der Waals surface area contributed by atoms with Crippen LogP contribution in [0.4, 0.5) is 0 Å². The van der Waals surface area contributed by atoms with Crippen molar-refractivity contribution in [3.63, 3.8) is 0 Å². The number of hydrogen-bond donors (Lipinski definition) is 2. The monoisotopic (exact) mass is 324 g/mol. The summed E-state index contributed by atoms with van der Waals surface area (Å²) in [6.45, 7) is 2.65. The van der Waals surface area contributed by atoms with Gasteiger partial charge < -0.3 is 10.1 Å². The topological polar surface area (TPSA) is 83.0 Å². The minimum Gasteiger partial charge on any atom is -0.377 e. The molecular formula is C14H20N4O3S. The Morgan fingerprint density at radius 1 is 1.36 bits per heavy atom. The van der Waals surface area contributed by atoms with Crippen molar-refractivity contribution in [1.82, 2.24) is 14.9 Å². The average molecular weight is 324 g/mol. The number of nitrogens with zero attached hydrogens (tertiary/aromatic N) is 2. The summed E-state index contributed by atoms with van der Waals surface area (Å²) in [6, 6.07) is 8.26. The lowest BCUT2D eigenvalue weighted by Gasteiger charge is -2.28. The Kier molecular flexibility index (Phi) is 4.60. The molecule has 0 saturated carbocycles. The van der Waals surface area contributed by atoms with E-state index in [1.165, 1.54) is 0 Å². The van der Waals surface area contributed by atoms with Crippen LogP contribution in [0.15, 0.2) is 40.2 Å². The summed E-state index contributed by atoms with van der Waals surface area (Å²) in [7, 11) is -3.59. The molecule has 3 rings (SSSR count). The summed E-state index contributed by atoms with van der Waals surface area (Å²) in [5.74, 6) is 0.285. The molecule has 120 valence electrons. The van der Waals surface area contributed by atoms with E-state index in [1.54, 1.807) is 30.3 Å². The Balaban J connectivity index is 1.57. The smallest absolute Gasteiger partial charge is 0.264 e. The van der Waals surface area contributed by atoms with Gasteiger partial charge in [0, 0.05) is 13.2 Å². The largest absolute Gasteiger partial charge is 0.377 e. The van der Waals surface area contributed by atoms with E-state index in [9.17, 15) is 8.42 Å². The number of rotatable bonds is 4. The zero-order valence-corrected chi connectivity index (χ0v) is 13.1. The van der Waals surface area contributed by atoms with Crippen LogP contribution in [0.3, 0.4) is 0 Å². The number of aliphatic imine (C=N–C) groups is 1. The molecule has 7 nitrogen and oxygen atoms in total. The predicted molar refractivity (Wildman–Crippen MR) is 82.7 cm³/mol. The fraction of sp³-hybridized carbons (Fsp3) is 0.500. The first-order valence-corrected chi connectivity index (χ1v) is 8.82. The zero-order valence-electron chi connectivity index (χ0n) is 12.2. The quantitative estimate of drug-likeness (QED) is 0.833. The van der Waals surface area contributed by atoms with Crippen molar-refractivity contribution in [3.05, 3.63) is 30.3 Å². The van der Waals surface area contributed by atoms with Gasteiger partial charge in [0.25, 0.3) is 10.0 Å². The van der Waals surface area contributed by atoms with E-state index >= 15 is 0 Å². The van der Waals surface area contributed by atoms with Crippen molar-refractivity contribution in [2.45, 2.75) is 23.8 Å². The van der Waals surface area contributed by atoms with E-state index in [4.69, 9.17) is 4.74 Å². The third-order valence-corrected chi connectivity index (χ3v) is 5.02. The highest BCUT2D eigenvalue weighted by atomic mass is 32.2. The number of benzene rings is 1. The lowest BCUT2D eigenvalue weighted by molar-refractivity contribution is 0.0714. The van der Waals surface area contributed by atoms with Crippen LogP contribution in [0.5, 0.6) is 0 Å². The van der Waals surface area contributed by atoms with E-state index in [-0.39, 0.29) is 17.0 Å². The molecule has 0 amide bonds. The van der Waals surface area contributed by atoms with Crippen LogP contribution in [0.25, 0.3) is 0 Å². The molecule has 2 heterocycles. The SMILES string of the molecule is O=S(=O)(NC1=NCN(C[C@H]2CCCO2)CN1)c1ccccc1. The second kappa shape index (κ2) is 6.64. The maximum atomic E-state index is 12.2. The molecule has 0 bridgehead atoms. The lowest BCUT2D eigenvalue weighted by Crippen LogP contribution is -2.51. The maximum absolute atomic E-state index is 12.2. The molecule has 1 saturated heterocycles. The molecule has 2 N–H and O–H groups in total. The molecule has 2 aliphatic rings. The summed E-state index contributed by atoms with van der Waals surface area (Å²) in [4.78, 5) is 6.57. The van der Waals surface area contributed by atoms with Crippen molar-refractivity contribution >= 4 is 16.0 Å². The average Bonchev–Trinajstić information content (AvgIpc) is 3.03. The Hall–Kier alpha value is -1.64. The van der Waals surface area contributed by atoms with Gasteiger partial charge in [-0.1, -0.05) is 18.2 Å². The molecule has 22 heavy (non-hydrogen) atoms. The molecular weight excluding hydrogens is 304 g/mol. The first-order chi connectivity index (χ1) is 10.6. The highest BCUT2D eigenvalue weighted by Crippen LogP contribution is 2.13. The Bertz CT molecular complexity index is 627. The molecule has 8 heteroatoms. The van der Waals surface area contributed by atoms with Gasteiger partial charge in [-0.25, -0.2) is 18.1 Å². The van der Waals surface area contributed by atoms with Crippen molar-refractivity contribution in [3.8, 4) is 0 Å². The van der Waals surface area contributed by atoms with Gasteiger partial charge in [-0.15, -0.1) is 0 Å². The number of nitrogens with one attached hydrogen (secondary N) is 2. The normalized spacial score (nSPS) is 22.9. The second-order valence-electron chi connectivity index (χ2n) is 5.39. The summed E-state index contributed by atoms with van der Waals surface area (Å²) < 4.78 is 32.5. The third kappa shape index (κ3) is 3.76. The standard InChI is InChI=1S/C14H20N4O3S/c19-22(20,13-6-2-1-3-7-13)17-14-15-10-18(11-16-14)9-12-5-4-8-21-12/h1-3,6-7,12H,4-5,8-11H2,(H2,15,16,17)/t12-/m1/s1. The highest BCUT2D eigenvalue weighted by Gasteiger charge is 2.22. The zero-order chi connectivity index (χ0) is 15.4. The molecule has 0 aliphatic carbocycles. The van der Waals surface area contributed by atoms with E-state index in [0.29, 0.717) is 13.3 Å². The molecule has 1 aromatic rings. The molecule has 1 atom stereocenters. The summed E-state index contributed by atoms with van der Waals surface area (Å²) >= 11 is 0. The van der Waals surface area contributed by atoms with Crippen LogP contribution in [0.1, 0.15) is 12.8 Å². The van der Waals surface area contributed by atoms with Crippen molar-refractivity contribution in [2.75, 3.05) is 26.5 Å². The number of sulfonamides is 1. The number of hydrogen-bond acceptors (Lipinski definition) is 6. The summed E-state index contributed by atoms with van der Waals surface area (Å²) in [5.41, 5.74) is 0. The fourth-order valence-electron chi connectivity index (χ4n) is 2.52. The molecule has 0 spiro atoms. The van der Waals surface area contributed by atoms with E-state index in [1.807, 2.05) is 0 Å². The molecule has 1 fully saturated rings. The van der Waals surface area contributed by atoms with Gasteiger partial charge >= 0.3 is 0 Å². The molecule has 0 radical (unpaired) electrons.